The fraction of sp³-hybridized carbons (Fsp3) is 0.600. The molecule has 0 unspecified atom stereocenters. The van der Waals surface area contributed by atoms with Gasteiger partial charge in [-0.3, -0.25) is 0 Å². The first-order valence-corrected chi connectivity index (χ1v) is 6.90. The lowest BCUT2D eigenvalue weighted by Gasteiger charge is -2.03. The van der Waals surface area contributed by atoms with E-state index < -0.39 is 0 Å². The van der Waals surface area contributed by atoms with Crippen molar-refractivity contribution in [3.8, 4) is 0 Å². The Morgan fingerprint density at radius 1 is 1.54 bits per heavy atom. The molecule has 0 saturated carbocycles. The van der Waals surface area contributed by atoms with Crippen molar-refractivity contribution in [1.82, 2.24) is 5.32 Å². The van der Waals surface area contributed by atoms with Crippen LogP contribution in [-0.2, 0) is 13.0 Å². The van der Waals surface area contributed by atoms with Crippen LogP contribution in [-0.4, -0.2) is 18.6 Å². The van der Waals surface area contributed by atoms with Crippen molar-refractivity contribution in [1.29, 1.82) is 0 Å². The minimum Gasteiger partial charge on any atom is -0.311 e. The molecule has 0 amide bonds. The minimum absolute atomic E-state index is 1.04. The highest BCUT2D eigenvalue weighted by Gasteiger charge is 2.00. The van der Waals surface area contributed by atoms with E-state index in [0.29, 0.717) is 0 Å². The third-order valence-corrected chi connectivity index (χ3v) is 3.56. The van der Waals surface area contributed by atoms with Crippen LogP contribution in [0.15, 0.2) is 11.4 Å². The summed E-state index contributed by atoms with van der Waals surface area (Å²) in [5, 5.41) is 5.64. The van der Waals surface area contributed by atoms with Gasteiger partial charge in [0.15, 0.2) is 0 Å². The molecule has 0 spiro atoms. The highest BCUT2D eigenvalue weighted by atomic mass is 32.2. The van der Waals surface area contributed by atoms with Gasteiger partial charge in [-0.25, -0.2) is 0 Å². The molecule has 0 atom stereocenters. The second-order valence-corrected chi connectivity index (χ2v) is 4.88. The van der Waals surface area contributed by atoms with Crippen molar-refractivity contribution in [2.75, 3.05) is 18.6 Å². The SMILES string of the molecule is CCc1ccsc1CNCCSC. The number of nitrogens with one attached hydrogen (secondary N) is 1. The maximum Gasteiger partial charge on any atom is 0.0302 e. The maximum absolute atomic E-state index is 3.45. The number of aryl methyl sites for hydroxylation is 1. The highest BCUT2D eigenvalue weighted by molar-refractivity contribution is 7.98. The molecule has 0 aliphatic rings. The molecule has 0 radical (unpaired) electrons. The van der Waals surface area contributed by atoms with Crippen LogP contribution in [0.25, 0.3) is 0 Å². The summed E-state index contributed by atoms with van der Waals surface area (Å²) in [5.74, 6) is 1.20. The van der Waals surface area contributed by atoms with Crippen LogP contribution in [0.4, 0.5) is 0 Å². The Labute approximate surface area is 88.9 Å². The lowest BCUT2D eigenvalue weighted by atomic mass is 10.2. The molecule has 1 aromatic heterocycles. The van der Waals surface area contributed by atoms with Gasteiger partial charge in [-0.15, -0.1) is 11.3 Å². The van der Waals surface area contributed by atoms with Gasteiger partial charge in [0.05, 0.1) is 0 Å². The first-order chi connectivity index (χ1) is 6.38. The lowest BCUT2D eigenvalue weighted by Crippen LogP contribution is -2.16. The summed E-state index contributed by atoms with van der Waals surface area (Å²) in [6.45, 7) is 4.37. The Hall–Kier alpha value is 0.01000. The average molecular weight is 215 g/mol. The molecular formula is C10H17NS2. The van der Waals surface area contributed by atoms with Crippen molar-refractivity contribution < 1.29 is 0 Å². The van der Waals surface area contributed by atoms with Crippen LogP contribution in [0.5, 0.6) is 0 Å². The molecule has 0 aromatic carbocycles. The van der Waals surface area contributed by atoms with Crippen LogP contribution in [0.2, 0.25) is 0 Å². The number of rotatable bonds is 6. The second kappa shape index (κ2) is 6.46. The largest absolute Gasteiger partial charge is 0.311 e. The van der Waals surface area contributed by atoms with Gasteiger partial charge in [-0.05, 0) is 29.7 Å². The van der Waals surface area contributed by atoms with Gasteiger partial charge < -0.3 is 5.32 Å². The maximum atomic E-state index is 3.45. The third kappa shape index (κ3) is 3.71. The summed E-state index contributed by atoms with van der Waals surface area (Å²) in [7, 11) is 0. The topological polar surface area (TPSA) is 12.0 Å². The highest BCUT2D eigenvalue weighted by Crippen LogP contribution is 2.16. The Kier molecular flexibility index (Phi) is 5.51. The van der Waals surface area contributed by atoms with Gasteiger partial charge in [-0.2, -0.15) is 11.8 Å². The van der Waals surface area contributed by atoms with Crippen molar-refractivity contribution >= 4 is 23.1 Å². The zero-order valence-corrected chi connectivity index (χ0v) is 9.93. The fourth-order valence-corrected chi connectivity index (χ4v) is 2.51. The van der Waals surface area contributed by atoms with Gasteiger partial charge in [0, 0.05) is 23.7 Å². The van der Waals surface area contributed by atoms with Crippen molar-refractivity contribution in [3.05, 3.63) is 21.9 Å². The van der Waals surface area contributed by atoms with Crippen molar-refractivity contribution in [2.24, 2.45) is 0 Å². The van der Waals surface area contributed by atoms with E-state index >= 15 is 0 Å². The molecule has 1 N–H and O–H groups in total. The first kappa shape index (κ1) is 11.1. The Morgan fingerprint density at radius 3 is 3.08 bits per heavy atom. The van der Waals surface area contributed by atoms with Crippen LogP contribution in [0, 0.1) is 0 Å². The van der Waals surface area contributed by atoms with Crippen LogP contribution >= 0.6 is 23.1 Å². The van der Waals surface area contributed by atoms with Gasteiger partial charge in [0.25, 0.3) is 0 Å². The summed E-state index contributed by atoms with van der Waals surface area (Å²) >= 11 is 3.75. The van der Waals surface area contributed by atoms with E-state index in [1.54, 1.807) is 0 Å². The predicted molar refractivity (Wildman–Crippen MR) is 63.8 cm³/mol. The number of thioether (sulfide) groups is 1. The molecule has 1 rings (SSSR count). The average Bonchev–Trinajstić information content (AvgIpc) is 2.60. The number of hydrogen-bond acceptors (Lipinski definition) is 3. The fourth-order valence-electron chi connectivity index (χ4n) is 1.21. The Balaban J connectivity index is 2.27. The molecule has 0 bridgehead atoms. The minimum atomic E-state index is 1.04. The van der Waals surface area contributed by atoms with E-state index in [9.17, 15) is 0 Å². The Bertz CT molecular complexity index is 233. The molecule has 0 saturated heterocycles. The van der Waals surface area contributed by atoms with E-state index in [0.717, 1.165) is 19.5 Å². The van der Waals surface area contributed by atoms with E-state index in [-0.39, 0.29) is 0 Å². The Morgan fingerprint density at radius 2 is 2.38 bits per heavy atom. The number of hydrogen-bond donors (Lipinski definition) is 1. The van der Waals surface area contributed by atoms with E-state index in [2.05, 4.69) is 29.9 Å². The monoisotopic (exact) mass is 215 g/mol. The molecule has 1 heterocycles. The van der Waals surface area contributed by atoms with Gasteiger partial charge in [-0.1, -0.05) is 6.92 Å². The van der Waals surface area contributed by atoms with Crippen molar-refractivity contribution in [3.63, 3.8) is 0 Å². The molecule has 0 aliphatic heterocycles. The molecule has 3 heteroatoms. The summed E-state index contributed by atoms with van der Waals surface area (Å²) in [6, 6.07) is 2.23. The number of thiophene rings is 1. The summed E-state index contributed by atoms with van der Waals surface area (Å²) in [5.41, 5.74) is 1.50. The molecule has 0 aliphatic carbocycles. The van der Waals surface area contributed by atoms with Gasteiger partial charge in [0.1, 0.15) is 0 Å². The third-order valence-electron chi connectivity index (χ3n) is 1.99. The van der Waals surface area contributed by atoms with E-state index in [1.165, 1.54) is 16.2 Å². The van der Waals surface area contributed by atoms with E-state index in [4.69, 9.17) is 0 Å². The van der Waals surface area contributed by atoms with Crippen LogP contribution < -0.4 is 5.32 Å². The van der Waals surface area contributed by atoms with E-state index in [1.807, 2.05) is 23.1 Å². The van der Waals surface area contributed by atoms with Crippen molar-refractivity contribution in [2.45, 2.75) is 19.9 Å². The molecule has 1 aromatic rings. The molecular weight excluding hydrogens is 198 g/mol. The summed E-state index contributed by atoms with van der Waals surface area (Å²) in [6.07, 6.45) is 3.30. The quantitative estimate of drug-likeness (QED) is 0.732. The summed E-state index contributed by atoms with van der Waals surface area (Å²) < 4.78 is 0. The lowest BCUT2D eigenvalue weighted by molar-refractivity contribution is 0.736. The normalized spacial score (nSPS) is 10.6. The zero-order chi connectivity index (χ0) is 9.52. The second-order valence-electron chi connectivity index (χ2n) is 2.89. The summed E-state index contributed by atoms with van der Waals surface area (Å²) in [4.78, 5) is 1.50. The molecule has 0 fully saturated rings. The zero-order valence-electron chi connectivity index (χ0n) is 8.30. The van der Waals surface area contributed by atoms with Crippen LogP contribution in [0.1, 0.15) is 17.4 Å². The molecule has 74 valence electrons. The standard InChI is InChI=1S/C10H17NS2/c1-3-9-4-6-13-10(9)8-11-5-7-12-2/h4,6,11H,3,5,7-8H2,1-2H3. The first-order valence-electron chi connectivity index (χ1n) is 4.63. The molecule has 13 heavy (non-hydrogen) atoms. The van der Waals surface area contributed by atoms with Crippen LogP contribution in [0.3, 0.4) is 0 Å². The molecule has 1 nitrogen and oxygen atoms in total. The predicted octanol–water partition coefficient (Wildman–Crippen LogP) is 2.76. The smallest absolute Gasteiger partial charge is 0.0302 e. The van der Waals surface area contributed by atoms with Gasteiger partial charge >= 0.3 is 0 Å². The van der Waals surface area contributed by atoms with Gasteiger partial charge in [0.2, 0.25) is 0 Å².